The Hall–Kier alpha value is -1.67. The third-order valence-electron chi connectivity index (χ3n) is 1.86. The van der Waals surface area contributed by atoms with Gasteiger partial charge in [-0.05, 0) is 19.1 Å². The van der Waals surface area contributed by atoms with Crippen LogP contribution in [0.1, 0.15) is 6.92 Å². The van der Waals surface area contributed by atoms with E-state index in [1.807, 2.05) is 0 Å². The summed E-state index contributed by atoms with van der Waals surface area (Å²) in [5.41, 5.74) is -0.383. The second-order valence-electron chi connectivity index (χ2n) is 2.98. The third kappa shape index (κ3) is 2.47. The van der Waals surface area contributed by atoms with Crippen molar-refractivity contribution in [1.82, 2.24) is 0 Å². The first kappa shape index (κ1) is 12.4. The van der Waals surface area contributed by atoms with Gasteiger partial charge in [-0.2, -0.15) is 0 Å². The number of primary sulfonamides is 1. The van der Waals surface area contributed by atoms with Crippen LogP contribution in [0.4, 0.5) is 11.4 Å². The van der Waals surface area contributed by atoms with Crippen molar-refractivity contribution >= 4 is 21.4 Å². The molecule has 0 atom stereocenters. The summed E-state index contributed by atoms with van der Waals surface area (Å²) in [6.45, 7) is 2.18. The average molecular weight is 245 g/mol. The van der Waals surface area contributed by atoms with Gasteiger partial charge in [0.05, 0.1) is 4.92 Å². The number of anilines is 1. The molecule has 1 aromatic rings. The Labute approximate surface area is 92.5 Å². The molecule has 0 saturated carbocycles. The lowest BCUT2D eigenvalue weighted by molar-refractivity contribution is -0.386. The normalized spacial score (nSPS) is 11.1. The molecule has 0 spiro atoms. The summed E-state index contributed by atoms with van der Waals surface area (Å²) in [4.78, 5) is 9.55. The highest BCUT2D eigenvalue weighted by Gasteiger charge is 2.26. The summed E-state index contributed by atoms with van der Waals surface area (Å²) >= 11 is 0. The van der Waals surface area contributed by atoms with Gasteiger partial charge in [0.2, 0.25) is 10.0 Å². The second-order valence-corrected chi connectivity index (χ2v) is 4.51. The Morgan fingerprint density at radius 2 is 2.12 bits per heavy atom. The first-order chi connectivity index (χ1) is 7.38. The number of nitro groups is 1. The highest BCUT2D eigenvalue weighted by atomic mass is 32.2. The molecule has 0 saturated heterocycles. The van der Waals surface area contributed by atoms with E-state index in [4.69, 9.17) is 5.14 Å². The molecular weight excluding hydrogens is 234 g/mol. The van der Waals surface area contributed by atoms with Crippen LogP contribution in [-0.2, 0) is 10.0 Å². The first-order valence-corrected chi connectivity index (χ1v) is 5.96. The fourth-order valence-corrected chi connectivity index (χ4v) is 2.00. The minimum Gasteiger partial charge on any atom is -0.380 e. The summed E-state index contributed by atoms with van der Waals surface area (Å²) in [5.74, 6) is 0. The van der Waals surface area contributed by atoms with Crippen LogP contribution in [0.15, 0.2) is 23.1 Å². The van der Waals surface area contributed by atoms with Gasteiger partial charge < -0.3 is 5.32 Å². The molecule has 0 radical (unpaired) electrons. The number of rotatable bonds is 4. The molecule has 3 N–H and O–H groups in total. The molecule has 16 heavy (non-hydrogen) atoms. The van der Waals surface area contributed by atoms with Gasteiger partial charge >= 0.3 is 5.69 Å². The highest BCUT2D eigenvalue weighted by molar-refractivity contribution is 7.89. The van der Waals surface area contributed by atoms with Crippen LogP contribution in [0.25, 0.3) is 0 Å². The van der Waals surface area contributed by atoms with E-state index in [9.17, 15) is 18.5 Å². The van der Waals surface area contributed by atoms with Crippen LogP contribution in [0.5, 0.6) is 0 Å². The van der Waals surface area contributed by atoms with E-state index in [-0.39, 0.29) is 5.69 Å². The zero-order valence-electron chi connectivity index (χ0n) is 8.50. The Balaban J connectivity index is 3.51. The van der Waals surface area contributed by atoms with Gasteiger partial charge in [-0.1, -0.05) is 6.07 Å². The number of hydrogen-bond donors (Lipinski definition) is 2. The van der Waals surface area contributed by atoms with Gasteiger partial charge in [0.25, 0.3) is 0 Å². The predicted molar refractivity (Wildman–Crippen MR) is 58.6 cm³/mol. The standard InChI is InChI=1S/C8H11N3O4S/c1-2-10-6-4-3-5-7(16(9,14)15)8(6)11(12)13/h3-5,10H,2H2,1H3,(H2,9,14,15). The van der Waals surface area contributed by atoms with Crippen molar-refractivity contribution in [3.8, 4) is 0 Å². The molecule has 0 aliphatic heterocycles. The molecule has 0 unspecified atom stereocenters. The Bertz CT molecular complexity index is 512. The van der Waals surface area contributed by atoms with E-state index in [0.717, 1.165) is 6.07 Å². The molecule has 0 bridgehead atoms. The van der Waals surface area contributed by atoms with Crippen LogP contribution in [0.3, 0.4) is 0 Å². The fourth-order valence-electron chi connectivity index (χ4n) is 1.27. The Morgan fingerprint density at radius 1 is 1.50 bits per heavy atom. The first-order valence-electron chi connectivity index (χ1n) is 4.42. The zero-order valence-corrected chi connectivity index (χ0v) is 9.32. The molecule has 1 rings (SSSR count). The molecule has 0 heterocycles. The summed E-state index contributed by atoms with van der Waals surface area (Å²) in [6.07, 6.45) is 0. The van der Waals surface area contributed by atoms with Crippen LogP contribution in [-0.4, -0.2) is 19.9 Å². The second kappa shape index (κ2) is 4.45. The number of hydrogen-bond acceptors (Lipinski definition) is 5. The zero-order chi connectivity index (χ0) is 12.3. The molecule has 0 fully saturated rings. The predicted octanol–water partition coefficient (Wildman–Crippen LogP) is 0.674. The maximum absolute atomic E-state index is 11.2. The van der Waals surface area contributed by atoms with E-state index in [1.54, 1.807) is 6.92 Å². The number of nitrogens with two attached hydrogens (primary N) is 1. The largest absolute Gasteiger partial charge is 0.380 e. The van der Waals surface area contributed by atoms with Crippen molar-refractivity contribution in [2.75, 3.05) is 11.9 Å². The van der Waals surface area contributed by atoms with Crippen LogP contribution in [0, 0.1) is 10.1 Å². The lowest BCUT2D eigenvalue weighted by atomic mass is 10.2. The van der Waals surface area contributed by atoms with E-state index in [0.29, 0.717) is 6.54 Å². The van der Waals surface area contributed by atoms with Crippen molar-refractivity contribution in [2.24, 2.45) is 5.14 Å². The van der Waals surface area contributed by atoms with Gasteiger partial charge in [0, 0.05) is 6.54 Å². The minimum atomic E-state index is -4.10. The van der Waals surface area contributed by atoms with Gasteiger partial charge in [-0.25, -0.2) is 13.6 Å². The summed E-state index contributed by atoms with van der Waals surface area (Å²) in [6, 6.07) is 3.93. The average Bonchev–Trinajstić information content (AvgIpc) is 2.16. The van der Waals surface area contributed by atoms with E-state index in [2.05, 4.69) is 5.32 Å². The smallest absolute Gasteiger partial charge is 0.312 e. The quantitative estimate of drug-likeness (QED) is 0.597. The number of para-hydroxylation sites is 1. The maximum atomic E-state index is 11.2. The molecule has 0 amide bonds. The SMILES string of the molecule is CCNc1cccc(S(N)(=O)=O)c1[N+](=O)[O-]. The Kier molecular flexibility index (Phi) is 3.45. The van der Waals surface area contributed by atoms with Gasteiger partial charge in [0.15, 0.2) is 4.90 Å². The summed E-state index contributed by atoms with van der Waals surface area (Å²) < 4.78 is 22.3. The van der Waals surface area contributed by atoms with Crippen molar-refractivity contribution in [2.45, 2.75) is 11.8 Å². The van der Waals surface area contributed by atoms with Gasteiger partial charge in [-0.3, -0.25) is 10.1 Å². The fraction of sp³-hybridized carbons (Fsp3) is 0.250. The van der Waals surface area contributed by atoms with Gasteiger partial charge in [-0.15, -0.1) is 0 Å². The van der Waals surface area contributed by atoms with Gasteiger partial charge in [0.1, 0.15) is 5.69 Å². The highest BCUT2D eigenvalue weighted by Crippen LogP contribution is 2.30. The Morgan fingerprint density at radius 3 is 2.56 bits per heavy atom. The number of benzene rings is 1. The number of sulfonamides is 1. The minimum absolute atomic E-state index is 0.138. The van der Waals surface area contributed by atoms with E-state index in [1.165, 1.54) is 12.1 Å². The number of nitrogens with one attached hydrogen (secondary N) is 1. The van der Waals surface area contributed by atoms with Crippen molar-refractivity contribution in [3.63, 3.8) is 0 Å². The monoisotopic (exact) mass is 245 g/mol. The van der Waals surface area contributed by atoms with Crippen LogP contribution < -0.4 is 10.5 Å². The molecule has 0 aliphatic carbocycles. The molecular formula is C8H11N3O4S. The molecule has 0 aliphatic rings. The third-order valence-corrected chi connectivity index (χ3v) is 2.80. The molecule has 88 valence electrons. The maximum Gasteiger partial charge on any atom is 0.312 e. The number of nitrogens with zero attached hydrogens (tertiary/aromatic N) is 1. The summed E-state index contributed by atoms with van der Waals surface area (Å²) in [5, 5.41) is 18.4. The van der Waals surface area contributed by atoms with Crippen molar-refractivity contribution in [1.29, 1.82) is 0 Å². The van der Waals surface area contributed by atoms with E-state index >= 15 is 0 Å². The topological polar surface area (TPSA) is 115 Å². The van der Waals surface area contributed by atoms with Crippen molar-refractivity contribution < 1.29 is 13.3 Å². The molecule has 8 heteroatoms. The van der Waals surface area contributed by atoms with Crippen LogP contribution in [0.2, 0.25) is 0 Å². The van der Waals surface area contributed by atoms with E-state index < -0.39 is 25.5 Å². The molecule has 1 aromatic carbocycles. The number of nitro benzene ring substituents is 1. The molecule has 0 aromatic heterocycles. The van der Waals surface area contributed by atoms with Crippen LogP contribution >= 0.6 is 0 Å². The van der Waals surface area contributed by atoms with Crippen molar-refractivity contribution in [3.05, 3.63) is 28.3 Å². The molecule has 7 nitrogen and oxygen atoms in total. The lowest BCUT2D eigenvalue weighted by Crippen LogP contribution is -2.15. The summed E-state index contributed by atoms with van der Waals surface area (Å²) in [7, 11) is -4.10. The lowest BCUT2D eigenvalue weighted by Gasteiger charge is -2.06.